The molecule has 0 bridgehead atoms. The van der Waals surface area contributed by atoms with E-state index in [1.54, 1.807) is 23.3 Å². The van der Waals surface area contributed by atoms with Gasteiger partial charge in [-0.15, -0.1) is 0 Å². The highest BCUT2D eigenvalue weighted by Gasteiger charge is 2.35. The van der Waals surface area contributed by atoms with Gasteiger partial charge in [-0.1, -0.05) is 0 Å². The van der Waals surface area contributed by atoms with Gasteiger partial charge >= 0.3 is 5.97 Å². The maximum Gasteiger partial charge on any atom is 0.335 e. The predicted octanol–water partition coefficient (Wildman–Crippen LogP) is 0.877. The summed E-state index contributed by atoms with van der Waals surface area (Å²) in [5.74, 6) is -1.99. The van der Waals surface area contributed by atoms with Crippen LogP contribution in [0.5, 0.6) is 0 Å². The Labute approximate surface area is 119 Å². The Hall–Kier alpha value is -2.96. The molecule has 1 aliphatic rings. The van der Waals surface area contributed by atoms with Crippen molar-refractivity contribution in [3.63, 3.8) is 0 Å². The molecule has 0 aliphatic carbocycles. The third-order valence-corrected chi connectivity index (χ3v) is 3.36. The maximum absolute atomic E-state index is 12.2. The van der Waals surface area contributed by atoms with Gasteiger partial charge in [0.25, 0.3) is 11.8 Å². The SMILES string of the molecule is O=C(O)c1ccc2c(c1)C(=O)N(CCn1ccnc1)C2=O. The van der Waals surface area contributed by atoms with E-state index in [0.29, 0.717) is 6.54 Å². The molecule has 0 fully saturated rings. The molecule has 0 saturated heterocycles. The fraction of sp³-hybridized carbons (Fsp3) is 0.143. The summed E-state index contributed by atoms with van der Waals surface area (Å²) >= 11 is 0. The van der Waals surface area contributed by atoms with Gasteiger partial charge in [-0.25, -0.2) is 9.78 Å². The van der Waals surface area contributed by atoms with Crippen LogP contribution in [0.3, 0.4) is 0 Å². The quantitative estimate of drug-likeness (QED) is 0.842. The van der Waals surface area contributed by atoms with E-state index in [-0.39, 0.29) is 23.2 Å². The standard InChI is InChI=1S/C14H11N3O4/c18-12-10-2-1-9(14(20)21)7-11(10)13(19)17(12)6-5-16-4-3-15-8-16/h1-4,7-8H,5-6H2,(H,20,21). The number of carboxylic acid groups (broad SMARTS) is 1. The summed E-state index contributed by atoms with van der Waals surface area (Å²) in [6.07, 6.45) is 4.95. The van der Waals surface area contributed by atoms with Crippen molar-refractivity contribution >= 4 is 17.8 Å². The summed E-state index contributed by atoms with van der Waals surface area (Å²) in [5.41, 5.74) is 0.382. The van der Waals surface area contributed by atoms with Gasteiger partial charge in [0.2, 0.25) is 0 Å². The minimum atomic E-state index is -1.13. The van der Waals surface area contributed by atoms with Crippen LogP contribution in [0, 0.1) is 0 Å². The van der Waals surface area contributed by atoms with Crippen molar-refractivity contribution in [3.05, 3.63) is 53.6 Å². The molecular weight excluding hydrogens is 274 g/mol. The Morgan fingerprint density at radius 1 is 1.14 bits per heavy atom. The van der Waals surface area contributed by atoms with Crippen LogP contribution in [0.4, 0.5) is 0 Å². The van der Waals surface area contributed by atoms with Crippen molar-refractivity contribution in [1.29, 1.82) is 0 Å². The van der Waals surface area contributed by atoms with Gasteiger partial charge < -0.3 is 9.67 Å². The monoisotopic (exact) mass is 285 g/mol. The molecule has 1 N–H and O–H groups in total. The second-order valence-electron chi connectivity index (χ2n) is 4.63. The van der Waals surface area contributed by atoms with Crippen molar-refractivity contribution in [1.82, 2.24) is 14.5 Å². The molecule has 106 valence electrons. The normalized spacial score (nSPS) is 13.6. The highest BCUT2D eigenvalue weighted by Crippen LogP contribution is 2.24. The Balaban J connectivity index is 1.84. The van der Waals surface area contributed by atoms with Crippen molar-refractivity contribution in [2.45, 2.75) is 6.54 Å². The molecular formula is C14H11N3O4. The van der Waals surface area contributed by atoms with E-state index in [1.807, 2.05) is 0 Å². The number of hydrogen-bond acceptors (Lipinski definition) is 4. The van der Waals surface area contributed by atoms with Crippen LogP contribution in [-0.4, -0.2) is 43.9 Å². The van der Waals surface area contributed by atoms with Crippen LogP contribution in [0.2, 0.25) is 0 Å². The van der Waals surface area contributed by atoms with E-state index >= 15 is 0 Å². The topological polar surface area (TPSA) is 92.5 Å². The minimum Gasteiger partial charge on any atom is -0.478 e. The highest BCUT2D eigenvalue weighted by atomic mass is 16.4. The molecule has 7 nitrogen and oxygen atoms in total. The zero-order chi connectivity index (χ0) is 15.0. The molecule has 0 atom stereocenters. The molecule has 2 heterocycles. The molecule has 0 radical (unpaired) electrons. The number of benzene rings is 1. The van der Waals surface area contributed by atoms with Gasteiger partial charge in [0.15, 0.2) is 0 Å². The number of rotatable bonds is 4. The lowest BCUT2D eigenvalue weighted by molar-refractivity contribution is 0.0647. The minimum absolute atomic E-state index is 0.00800. The van der Waals surface area contributed by atoms with Crippen LogP contribution < -0.4 is 0 Å². The van der Waals surface area contributed by atoms with Crippen molar-refractivity contribution in [2.75, 3.05) is 6.54 Å². The van der Waals surface area contributed by atoms with Gasteiger partial charge in [-0.3, -0.25) is 14.5 Å². The van der Waals surface area contributed by atoms with Crippen LogP contribution in [0.1, 0.15) is 31.1 Å². The van der Waals surface area contributed by atoms with Crippen molar-refractivity contribution < 1.29 is 19.5 Å². The van der Waals surface area contributed by atoms with Gasteiger partial charge in [-0.2, -0.15) is 0 Å². The summed E-state index contributed by atoms with van der Waals surface area (Å²) in [5, 5.41) is 8.94. The zero-order valence-electron chi connectivity index (χ0n) is 10.9. The summed E-state index contributed by atoms with van der Waals surface area (Å²) in [7, 11) is 0. The highest BCUT2D eigenvalue weighted by molar-refractivity contribution is 6.21. The molecule has 1 aromatic carbocycles. The maximum atomic E-state index is 12.2. The summed E-state index contributed by atoms with van der Waals surface area (Å²) in [4.78, 5) is 40.3. The predicted molar refractivity (Wildman–Crippen MR) is 71.0 cm³/mol. The largest absolute Gasteiger partial charge is 0.478 e. The van der Waals surface area contributed by atoms with Gasteiger partial charge in [-0.05, 0) is 18.2 Å². The molecule has 7 heteroatoms. The number of aromatic carboxylic acids is 1. The fourth-order valence-electron chi connectivity index (χ4n) is 2.26. The third-order valence-electron chi connectivity index (χ3n) is 3.36. The summed E-state index contributed by atoms with van der Waals surface area (Å²) < 4.78 is 1.76. The number of imidazole rings is 1. The number of hydrogen-bond donors (Lipinski definition) is 1. The summed E-state index contributed by atoms with van der Waals surface area (Å²) in [6, 6.07) is 3.96. The van der Waals surface area contributed by atoms with E-state index in [1.165, 1.54) is 18.2 Å². The van der Waals surface area contributed by atoms with Crippen LogP contribution in [0.25, 0.3) is 0 Å². The average molecular weight is 285 g/mol. The number of carbonyl (C=O) groups is 3. The molecule has 2 aromatic rings. The van der Waals surface area contributed by atoms with E-state index in [0.717, 1.165) is 4.90 Å². The Kier molecular flexibility index (Phi) is 3.02. The Morgan fingerprint density at radius 2 is 1.90 bits per heavy atom. The van der Waals surface area contributed by atoms with Gasteiger partial charge in [0.05, 0.1) is 23.0 Å². The Bertz CT molecular complexity index is 737. The number of aromatic nitrogens is 2. The first-order chi connectivity index (χ1) is 10.1. The third kappa shape index (κ3) is 2.18. The molecule has 1 aromatic heterocycles. The second-order valence-corrected chi connectivity index (χ2v) is 4.63. The average Bonchev–Trinajstić information content (AvgIpc) is 3.06. The first kappa shape index (κ1) is 13.0. The number of fused-ring (bicyclic) bond motifs is 1. The first-order valence-corrected chi connectivity index (χ1v) is 6.27. The lowest BCUT2D eigenvalue weighted by atomic mass is 10.1. The summed E-state index contributed by atoms with van der Waals surface area (Å²) in [6.45, 7) is 0.655. The zero-order valence-corrected chi connectivity index (χ0v) is 10.9. The smallest absolute Gasteiger partial charge is 0.335 e. The number of imide groups is 1. The molecule has 21 heavy (non-hydrogen) atoms. The van der Waals surface area contributed by atoms with Crippen molar-refractivity contribution in [2.24, 2.45) is 0 Å². The van der Waals surface area contributed by atoms with Gasteiger partial charge in [0.1, 0.15) is 0 Å². The molecule has 0 spiro atoms. The van der Waals surface area contributed by atoms with Crippen LogP contribution in [0.15, 0.2) is 36.9 Å². The molecule has 1 aliphatic heterocycles. The lowest BCUT2D eigenvalue weighted by Crippen LogP contribution is -2.32. The van der Waals surface area contributed by atoms with E-state index in [4.69, 9.17) is 5.11 Å². The van der Waals surface area contributed by atoms with E-state index in [2.05, 4.69) is 4.98 Å². The number of nitrogens with zero attached hydrogens (tertiary/aromatic N) is 3. The molecule has 2 amide bonds. The van der Waals surface area contributed by atoms with E-state index < -0.39 is 17.8 Å². The first-order valence-electron chi connectivity index (χ1n) is 6.27. The number of carboxylic acids is 1. The molecule has 0 unspecified atom stereocenters. The molecule has 0 saturated carbocycles. The number of amides is 2. The Morgan fingerprint density at radius 3 is 2.57 bits per heavy atom. The lowest BCUT2D eigenvalue weighted by Gasteiger charge is -2.13. The van der Waals surface area contributed by atoms with Crippen molar-refractivity contribution in [3.8, 4) is 0 Å². The second kappa shape index (κ2) is 4.86. The van der Waals surface area contributed by atoms with E-state index in [9.17, 15) is 14.4 Å². The fourth-order valence-corrected chi connectivity index (χ4v) is 2.26. The van der Waals surface area contributed by atoms with Crippen LogP contribution in [-0.2, 0) is 6.54 Å². The molecule has 3 rings (SSSR count). The number of carbonyl (C=O) groups excluding carboxylic acids is 2. The van der Waals surface area contributed by atoms with Crippen LogP contribution >= 0.6 is 0 Å². The van der Waals surface area contributed by atoms with Gasteiger partial charge in [0, 0.05) is 25.5 Å².